The van der Waals surface area contributed by atoms with E-state index in [1.807, 2.05) is 0 Å². The summed E-state index contributed by atoms with van der Waals surface area (Å²) in [4.78, 5) is 10.0. The molecule has 1 aromatic heterocycles. The minimum absolute atomic E-state index is 0.554. The molecule has 4 heteroatoms. The Labute approximate surface area is 136 Å². The van der Waals surface area contributed by atoms with Gasteiger partial charge >= 0.3 is 0 Å². The van der Waals surface area contributed by atoms with Crippen LogP contribution in [0.3, 0.4) is 0 Å². The van der Waals surface area contributed by atoms with E-state index in [2.05, 4.69) is 68.7 Å². The highest BCUT2D eigenvalue weighted by molar-refractivity contribution is 5.78. The molecule has 0 saturated carbocycles. The Bertz CT molecular complexity index is 757. The topological polar surface area (TPSA) is 44.0 Å². The van der Waals surface area contributed by atoms with Crippen molar-refractivity contribution in [1.29, 1.82) is 0 Å². The van der Waals surface area contributed by atoms with E-state index in [1.54, 1.807) is 6.33 Å². The molecule has 2 heterocycles. The quantitative estimate of drug-likeness (QED) is 0.773. The molecule has 0 atom stereocenters. The average Bonchev–Trinajstić information content (AvgIpc) is 3.05. The molecule has 4 nitrogen and oxygen atoms in total. The first-order chi connectivity index (χ1) is 11.4. The highest BCUT2D eigenvalue weighted by Gasteiger charge is 2.19. The number of H-pyrrole nitrogens is 1. The molecule has 1 saturated heterocycles. The number of rotatable bonds is 4. The Morgan fingerprint density at radius 1 is 1.09 bits per heavy atom. The predicted molar refractivity (Wildman–Crippen MR) is 94.5 cm³/mol. The molecule has 118 valence electrons. The average molecular weight is 306 g/mol. The van der Waals surface area contributed by atoms with Gasteiger partial charge in [0.25, 0.3) is 0 Å². The van der Waals surface area contributed by atoms with Crippen LogP contribution < -0.4 is 5.32 Å². The molecule has 23 heavy (non-hydrogen) atoms. The minimum Gasteiger partial charge on any atom is -0.382 e. The van der Waals surface area contributed by atoms with Crippen molar-refractivity contribution < 1.29 is 0 Å². The maximum absolute atomic E-state index is 4.33. The van der Waals surface area contributed by atoms with Crippen molar-refractivity contribution >= 4 is 16.7 Å². The minimum atomic E-state index is 0.554. The molecule has 0 radical (unpaired) electrons. The lowest BCUT2D eigenvalue weighted by atomic mass is 10.0. The van der Waals surface area contributed by atoms with E-state index >= 15 is 0 Å². The molecule has 0 spiro atoms. The number of benzene rings is 2. The zero-order valence-corrected chi connectivity index (χ0v) is 13.2. The van der Waals surface area contributed by atoms with Crippen molar-refractivity contribution in [2.75, 3.05) is 18.4 Å². The van der Waals surface area contributed by atoms with Crippen molar-refractivity contribution in [3.63, 3.8) is 0 Å². The van der Waals surface area contributed by atoms with Gasteiger partial charge in [-0.3, -0.25) is 4.90 Å². The van der Waals surface area contributed by atoms with Gasteiger partial charge in [-0.15, -0.1) is 0 Å². The standard InChI is InChI=1S/C19H22N4/c1-2-4-15(5-3-1)13-23-10-8-16(9-11-23)22-17-6-7-18-19(12-17)21-14-20-18/h1-7,12,14,16,22H,8-11,13H2,(H,20,21). The van der Waals surface area contributed by atoms with Gasteiger partial charge in [-0.25, -0.2) is 4.98 Å². The third-order valence-electron chi connectivity index (χ3n) is 4.63. The molecular weight excluding hydrogens is 284 g/mol. The molecular formula is C19H22N4. The first kappa shape index (κ1) is 14.3. The fourth-order valence-electron chi connectivity index (χ4n) is 3.33. The third-order valence-corrected chi connectivity index (χ3v) is 4.63. The smallest absolute Gasteiger partial charge is 0.0931 e. The molecule has 1 aliphatic rings. The summed E-state index contributed by atoms with van der Waals surface area (Å²) < 4.78 is 0. The number of aromatic nitrogens is 2. The van der Waals surface area contributed by atoms with E-state index in [1.165, 1.54) is 24.1 Å². The second-order valence-electron chi connectivity index (χ2n) is 6.31. The number of hydrogen-bond donors (Lipinski definition) is 2. The normalized spacial score (nSPS) is 16.7. The number of anilines is 1. The van der Waals surface area contributed by atoms with Crippen LogP contribution in [-0.2, 0) is 6.54 Å². The van der Waals surface area contributed by atoms with Crippen molar-refractivity contribution in [3.05, 3.63) is 60.4 Å². The van der Waals surface area contributed by atoms with Crippen molar-refractivity contribution in [2.24, 2.45) is 0 Å². The van der Waals surface area contributed by atoms with Crippen LogP contribution in [0.5, 0.6) is 0 Å². The molecule has 0 bridgehead atoms. The summed E-state index contributed by atoms with van der Waals surface area (Å²) in [5, 5.41) is 3.67. The van der Waals surface area contributed by atoms with Gasteiger partial charge in [0, 0.05) is 31.4 Å². The van der Waals surface area contributed by atoms with Gasteiger partial charge in [-0.05, 0) is 36.6 Å². The van der Waals surface area contributed by atoms with Gasteiger partial charge in [0.2, 0.25) is 0 Å². The summed E-state index contributed by atoms with van der Waals surface area (Å²) >= 11 is 0. The number of likely N-dealkylation sites (tertiary alicyclic amines) is 1. The summed E-state index contributed by atoms with van der Waals surface area (Å²) in [6, 6.07) is 17.7. The number of fused-ring (bicyclic) bond motifs is 1. The lowest BCUT2D eigenvalue weighted by Gasteiger charge is -2.32. The maximum atomic E-state index is 4.33. The van der Waals surface area contributed by atoms with Crippen LogP contribution in [0.25, 0.3) is 11.0 Å². The van der Waals surface area contributed by atoms with Gasteiger partial charge in [-0.1, -0.05) is 30.3 Å². The monoisotopic (exact) mass is 306 g/mol. The lowest BCUT2D eigenvalue weighted by molar-refractivity contribution is 0.211. The summed E-state index contributed by atoms with van der Waals surface area (Å²) in [6.07, 6.45) is 4.12. The fraction of sp³-hybridized carbons (Fsp3) is 0.316. The molecule has 4 rings (SSSR count). The second-order valence-corrected chi connectivity index (χ2v) is 6.31. The number of nitrogens with one attached hydrogen (secondary N) is 2. The van der Waals surface area contributed by atoms with E-state index in [0.717, 1.165) is 30.7 Å². The largest absolute Gasteiger partial charge is 0.382 e. The van der Waals surface area contributed by atoms with Crippen LogP contribution >= 0.6 is 0 Å². The zero-order valence-electron chi connectivity index (χ0n) is 13.2. The van der Waals surface area contributed by atoms with E-state index in [9.17, 15) is 0 Å². The summed E-state index contributed by atoms with van der Waals surface area (Å²) in [5.41, 5.74) is 4.69. The number of nitrogens with zero attached hydrogens (tertiary/aromatic N) is 2. The lowest BCUT2D eigenvalue weighted by Crippen LogP contribution is -2.38. The molecule has 1 aliphatic heterocycles. The Balaban J connectivity index is 1.32. The summed E-state index contributed by atoms with van der Waals surface area (Å²) in [6.45, 7) is 3.36. The van der Waals surface area contributed by atoms with E-state index in [0.29, 0.717) is 6.04 Å². The first-order valence-corrected chi connectivity index (χ1v) is 8.33. The molecule has 0 unspecified atom stereocenters. The molecule has 1 fully saturated rings. The van der Waals surface area contributed by atoms with E-state index in [-0.39, 0.29) is 0 Å². The Kier molecular flexibility index (Phi) is 3.99. The Hall–Kier alpha value is -2.33. The van der Waals surface area contributed by atoms with Crippen molar-refractivity contribution in [2.45, 2.75) is 25.4 Å². The number of piperidine rings is 1. The molecule has 2 N–H and O–H groups in total. The van der Waals surface area contributed by atoms with Crippen LogP contribution in [0, 0.1) is 0 Å². The number of hydrogen-bond acceptors (Lipinski definition) is 3. The fourth-order valence-corrected chi connectivity index (χ4v) is 3.33. The summed E-state index contributed by atoms with van der Waals surface area (Å²) in [5.74, 6) is 0. The van der Waals surface area contributed by atoms with Crippen molar-refractivity contribution in [1.82, 2.24) is 14.9 Å². The molecule has 0 amide bonds. The van der Waals surface area contributed by atoms with Crippen LogP contribution in [0.4, 0.5) is 5.69 Å². The van der Waals surface area contributed by atoms with E-state index in [4.69, 9.17) is 0 Å². The molecule has 0 aliphatic carbocycles. The first-order valence-electron chi connectivity index (χ1n) is 8.33. The van der Waals surface area contributed by atoms with Crippen LogP contribution in [0.2, 0.25) is 0 Å². The van der Waals surface area contributed by atoms with Gasteiger partial charge < -0.3 is 10.3 Å². The number of aromatic amines is 1. The SMILES string of the molecule is c1ccc(CN2CCC(Nc3ccc4[nH]cnc4c3)CC2)cc1. The number of imidazole rings is 1. The van der Waals surface area contributed by atoms with Crippen molar-refractivity contribution in [3.8, 4) is 0 Å². The predicted octanol–water partition coefficient (Wildman–Crippen LogP) is 3.64. The van der Waals surface area contributed by atoms with E-state index < -0.39 is 0 Å². The highest BCUT2D eigenvalue weighted by atomic mass is 15.1. The Morgan fingerprint density at radius 2 is 1.91 bits per heavy atom. The van der Waals surface area contributed by atoms with Crippen LogP contribution in [-0.4, -0.2) is 34.0 Å². The third kappa shape index (κ3) is 3.37. The van der Waals surface area contributed by atoms with Crippen LogP contribution in [0.15, 0.2) is 54.9 Å². The van der Waals surface area contributed by atoms with Gasteiger partial charge in [-0.2, -0.15) is 0 Å². The summed E-state index contributed by atoms with van der Waals surface area (Å²) in [7, 11) is 0. The van der Waals surface area contributed by atoms with Gasteiger partial charge in [0.05, 0.1) is 17.4 Å². The van der Waals surface area contributed by atoms with Crippen LogP contribution in [0.1, 0.15) is 18.4 Å². The van der Waals surface area contributed by atoms with Gasteiger partial charge in [0.15, 0.2) is 0 Å². The maximum Gasteiger partial charge on any atom is 0.0931 e. The Morgan fingerprint density at radius 3 is 2.74 bits per heavy atom. The van der Waals surface area contributed by atoms with Gasteiger partial charge in [0.1, 0.15) is 0 Å². The molecule has 3 aromatic rings. The zero-order chi connectivity index (χ0) is 15.5. The molecule has 2 aromatic carbocycles. The highest BCUT2D eigenvalue weighted by Crippen LogP contribution is 2.20. The second kappa shape index (κ2) is 6.42.